The van der Waals surface area contributed by atoms with Crippen molar-refractivity contribution in [2.75, 3.05) is 6.61 Å². The minimum absolute atomic E-state index is 0.0255. The zero-order valence-corrected chi connectivity index (χ0v) is 18.6. The van der Waals surface area contributed by atoms with Gasteiger partial charge in [-0.25, -0.2) is 4.68 Å². The summed E-state index contributed by atoms with van der Waals surface area (Å²) in [6.07, 6.45) is 6.60. The lowest BCUT2D eigenvalue weighted by atomic mass is 9.71. The zero-order valence-electron chi connectivity index (χ0n) is 18.6. The highest BCUT2D eigenvalue weighted by Crippen LogP contribution is 2.49. The molecule has 1 aliphatic carbocycles. The van der Waals surface area contributed by atoms with Crippen LogP contribution in [-0.4, -0.2) is 34.7 Å². The zero-order chi connectivity index (χ0) is 20.6. The molecule has 3 atom stereocenters. The molecule has 156 valence electrons. The first kappa shape index (κ1) is 19.6. The molecule has 1 unspecified atom stereocenters. The molecule has 1 aromatic carbocycles. The summed E-state index contributed by atoms with van der Waals surface area (Å²) in [4.78, 5) is 0. The van der Waals surface area contributed by atoms with Crippen molar-refractivity contribution in [1.29, 1.82) is 0 Å². The summed E-state index contributed by atoms with van der Waals surface area (Å²) >= 11 is 0. The van der Waals surface area contributed by atoms with Gasteiger partial charge in [-0.1, -0.05) is 6.92 Å². The van der Waals surface area contributed by atoms with E-state index >= 15 is 0 Å². The van der Waals surface area contributed by atoms with E-state index in [1.807, 2.05) is 6.20 Å². The van der Waals surface area contributed by atoms with Crippen molar-refractivity contribution < 1.29 is 14.0 Å². The van der Waals surface area contributed by atoms with Gasteiger partial charge in [-0.2, -0.15) is 5.10 Å². The highest BCUT2D eigenvalue weighted by atomic mass is 16.7. The molecule has 3 fully saturated rings. The summed E-state index contributed by atoms with van der Waals surface area (Å²) in [6.45, 7) is 13.9. The average Bonchev–Trinajstić information content (AvgIpc) is 3.14. The highest BCUT2D eigenvalue weighted by Gasteiger charge is 2.54. The van der Waals surface area contributed by atoms with Crippen LogP contribution in [0, 0.1) is 12.8 Å². The van der Waals surface area contributed by atoms with Crippen LogP contribution >= 0.6 is 0 Å². The Labute approximate surface area is 174 Å². The second-order valence-corrected chi connectivity index (χ2v) is 10.3. The molecule has 5 rings (SSSR count). The lowest BCUT2D eigenvalue weighted by molar-refractivity contribution is -0.0366. The molecule has 2 saturated heterocycles. The number of ether oxygens (including phenoxy) is 1. The molecule has 0 spiro atoms. The molecule has 1 saturated carbocycles. The van der Waals surface area contributed by atoms with Gasteiger partial charge in [0.1, 0.15) is 0 Å². The Morgan fingerprint density at radius 1 is 1.14 bits per heavy atom. The Morgan fingerprint density at radius 2 is 1.83 bits per heavy atom. The van der Waals surface area contributed by atoms with Gasteiger partial charge >= 0.3 is 7.12 Å². The van der Waals surface area contributed by atoms with E-state index in [0.717, 1.165) is 30.4 Å². The van der Waals surface area contributed by atoms with Crippen LogP contribution in [0.3, 0.4) is 0 Å². The minimum atomic E-state index is -0.366. The molecule has 3 heterocycles. The fourth-order valence-electron chi connectivity index (χ4n) is 4.94. The largest absolute Gasteiger partial charge is 0.495 e. The van der Waals surface area contributed by atoms with Crippen LogP contribution in [0.1, 0.15) is 83.6 Å². The molecule has 2 aliphatic heterocycles. The summed E-state index contributed by atoms with van der Waals surface area (Å²) in [6, 6.07) is 2.30. The van der Waals surface area contributed by atoms with Crippen LogP contribution in [0.15, 0.2) is 12.3 Å². The van der Waals surface area contributed by atoms with Crippen LogP contribution in [0.5, 0.6) is 0 Å². The summed E-state index contributed by atoms with van der Waals surface area (Å²) in [5.74, 6) is 1.30. The molecule has 0 amide bonds. The molecule has 3 aliphatic rings. The second kappa shape index (κ2) is 6.56. The number of fused-ring (bicyclic) bond motifs is 1. The maximum Gasteiger partial charge on any atom is 0.495 e. The average molecular weight is 396 g/mol. The van der Waals surface area contributed by atoms with Crippen molar-refractivity contribution in [3.63, 3.8) is 0 Å². The van der Waals surface area contributed by atoms with Crippen molar-refractivity contribution in [3.05, 3.63) is 23.4 Å². The molecule has 5 nitrogen and oxygen atoms in total. The van der Waals surface area contributed by atoms with Gasteiger partial charge in [0.15, 0.2) is 6.23 Å². The lowest BCUT2D eigenvalue weighted by Crippen LogP contribution is -2.41. The van der Waals surface area contributed by atoms with E-state index < -0.39 is 0 Å². The number of rotatable bonds is 3. The molecule has 0 N–H and O–H groups in total. The Morgan fingerprint density at radius 3 is 2.41 bits per heavy atom. The first-order valence-corrected chi connectivity index (χ1v) is 11.2. The molecule has 0 radical (unpaired) electrons. The SMILES string of the molecule is Cc1cc2c(cnn2C2CCCCO2)c(B2OC(C)(C)C(C)(C)O2)c1[C@H]1C[C@H]1C. The molecular formula is C23H33BN2O3. The molecule has 29 heavy (non-hydrogen) atoms. The van der Waals surface area contributed by atoms with Gasteiger partial charge < -0.3 is 14.0 Å². The van der Waals surface area contributed by atoms with Gasteiger partial charge in [-0.05, 0) is 94.8 Å². The van der Waals surface area contributed by atoms with E-state index in [4.69, 9.17) is 19.1 Å². The summed E-state index contributed by atoms with van der Waals surface area (Å²) in [5, 5.41) is 5.94. The maximum absolute atomic E-state index is 6.53. The third-order valence-corrected chi connectivity index (χ3v) is 7.59. The number of hydrogen-bond acceptors (Lipinski definition) is 4. The van der Waals surface area contributed by atoms with Crippen molar-refractivity contribution >= 4 is 23.5 Å². The Bertz CT molecular complexity index is 929. The van der Waals surface area contributed by atoms with Crippen molar-refractivity contribution in [2.24, 2.45) is 5.92 Å². The van der Waals surface area contributed by atoms with Gasteiger partial charge in [0.25, 0.3) is 0 Å². The predicted molar refractivity (Wildman–Crippen MR) is 116 cm³/mol. The Balaban J connectivity index is 1.67. The fourth-order valence-corrected chi connectivity index (χ4v) is 4.94. The normalized spacial score (nSPS) is 30.8. The monoisotopic (exact) mass is 396 g/mol. The predicted octanol–water partition coefficient (Wildman–Crippen LogP) is 4.47. The summed E-state index contributed by atoms with van der Waals surface area (Å²) < 4.78 is 21.2. The van der Waals surface area contributed by atoms with Crippen LogP contribution < -0.4 is 5.46 Å². The summed E-state index contributed by atoms with van der Waals surface area (Å²) in [7, 11) is -0.366. The van der Waals surface area contributed by atoms with E-state index in [2.05, 4.69) is 52.3 Å². The molecule has 0 bridgehead atoms. The van der Waals surface area contributed by atoms with Gasteiger partial charge in [-0.3, -0.25) is 0 Å². The number of hydrogen-bond donors (Lipinski definition) is 0. The van der Waals surface area contributed by atoms with Gasteiger partial charge in [0.05, 0.1) is 22.9 Å². The van der Waals surface area contributed by atoms with E-state index in [1.54, 1.807) is 0 Å². The smallest absolute Gasteiger partial charge is 0.399 e. The standard InChI is InChI=1S/C23H33BN2O3/c1-14-11-16(14)20-15(2)12-18-17(13-25-26(18)19-9-7-8-10-27-19)21(20)24-28-22(3,4)23(5,6)29-24/h12-14,16,19H,7-11H2,1-6H3/t14-,16+,19?/m1/s1. The number of benzene rings is 1. The molecular weight excluding hydrogens is 363 g/mol. The van der Waals surface area contributed by atoms with Crippen LogP contribution in [-0.2, 0) is 14.0 Å². The third-order valence-electron chi connectivity index (χ3n) is 7.59. The third kappa shape index (κ3) is 3.06. The van der Waals surface area contributed by atoms with E-state index in [-0.39, 0.29) is 24.5 Å². The fraction of sp³-hybridized carbons (Fsp3) is 0.696. The van der Waals surface area contributed by atoms with E-state index in [1.165, 1.54) is 29.4 Å². The molecule has 2 aromatic rings. The van der Waals surface area contributed by atoms with Crippen molar-refractivity contribution in [3.8, 4) is 0 Å². The van der Waals surface area contributed by atoms with Crippen molar-refractivity contribution in [2.45, 2.75) is 90.6 Å². The first-order chi connectivity index (χ1) is 13.7. The van der Waals surface area contributed by atoms with E-state index in [0.29, 0.717) is 11.8 Å². The summed E-state index contributed by atoms with van der Waals surface area (Å²) in [5.41, 5.74) is 4.33. The number of aromatic nitrogens is 2. The Kier molecular flexibility index (Phi) is 4.43. The van der Waals surface area contributed by atoms with Gasteiger partial charge in [0.2, 0.25) is 0 Å². The van der Waals surface area contributed by atoms with Crippen LogP contribution in [0.4, 0.5) is 0 Å². The Hall–Kier alpha value is -1.37. The van der Waals surface area contributed by atoms with Crippen LogP contribution in [0.2, 0.25) is 0 Å². The van der Waals surface area contributed by atoms with Gasteiger partial charge in [0, 0.05) is 12.0 Å². The number of aryl methyl sites for hydroxylation is 1. The van der Waals surface area contributed by atoms with E-state index in [9.17, 15) is 0 Å². The van der Waals surface area contributed by atoms with Crippen LogP contribution in [0.25, 0.3) is 10.9 Å². The molecule has 6 heteroatoms. The lowest BCUT2D eigenvalue weighted by Gasteiger charge is -2.32. The number of nitrogens with zero attached hydrogens (tertiary/aromatic N) is 2. The highest BCUT2D eigenvalue weighted by molar-refractivity contribution is 6.65. The maximum atomic E-state index is 6.53. The minimum Gasteiger partial charge on any atom is -0.399 e. The quantitative estimate of drug-likeness (QED) is 0.719. The molecule has 1 aromatic heterocycles. The van der Waals surface area contributed by atoms with Crippen molar-refractivity contribution in [1.82, 2.24) is 9.78 Å². The first-order valence-electron chi connectivity index (χ1n) is 11.2. The van der Waals surface area contributed by atoms with Gasteiger partial charge in [-0.15, -0.1) is 0 Å². The topological polar surface area (TPSA) is 45.5 Å². The second-order valence-electron chi connectivity index (χ2n) is 10.3.